The second-order valence-corrected chi connectivity index (χ2v) is 17.4. The first-order chi connectivity index (χ1) is 34.2. The molecule has 0 aliphatic carbocycles. The number of urea groups is 1. The molecule has 4 heterocycles. The summed E-state index contributed by atoms with van der Waals surface area (Å²) in [4.78, 5) is 65.6. The third-order valence-electron chi connectivity index (χ3n) is 13.4. The van der Waals surface area contributed by atoms with Gasteiger partial charge in [-0.05, 0) is 77.2 Å². The van der Waals surface area contributed by atoms with Crippen LogP contribution in [0.3, 0.4) is 0 Å². The van der Waals surface area contributed by atoms with Crippen molar-refractivity contribution in [2.45, 2.75) is 49.2 Å². The van der Waals surface area contributed by atoms with E-state index in [9.17, 15) is 5.11 Å². The van der Waals surface area contributed by atoms with Crippen LogP contribution in [0.5, 0.6) is 5.75 Å². The lowest BCUT2D eigenvalue weighted by molar-refractivity contribution is -0.178. The van der Waals surface area contributed by atoms with E-state index in [1.165, 1.54) is 6.08 Å². The summed E-state index contributed by atoms with van der Waals surface area (Å²) in [5, 5.41) is 24.4. The van der Waals surface area contributed by atoms with Crippen LogP contribution in [0.4, 0.5) is 10.5 Å². The number of anilines is 1. The first-order valence-electron chi connectivity index (χ1n) is 23.2. The largest absolute Gasteiger partial charge is 0.491 e. The van der Waals surface area contributed by atoms with E-state index in [2.05, 4.69) is 39.4 Å². The maximum absolute atomic E-state index is 16.6. The van der Waals surface area contributed by atoms with E-state index in [1.54, 1.807) is 41.1 Å². The van der Waals surface area contributed by atoms with Crippen LogP contribution in [0, 0.1) is 17.8 Å². The van der Waals surface area contributed by atoms with E-state index in [0.717, 1.165) is 27.1 Å². The molecule has 14 heteroatoms. The Hall–Kier alpha value is -8.38. The molecule has 2 saturated heterocycles. The summed E-state index contributed by atoms with van der Waals surface area (Å²) >= 11 is 0. The molecule has 6 aromatic carbocycles. The van der Waals surface area contributed by atoms with Crippen molar-refractivity contribution < 1.29 is 33.8 Å². The monoisotopic (exact) mass is 931 g/mol. The molecule has 2 fully saturated rings. The number of nitrogens with zero attached hydrogens (tertiary/aromatic N) is 5. The molecule has 0 saturated carbocycles. The lowest BCUT2D eigenvalue weighted by Crippen LogP contribution is -2.56. The number of aliphatic hydroxyl groups is 1. The SMILES string of the molecule is C=CCNC(=O)[C@H]1[C@@H]2C(=O)O[C@@H](c3ccccc3)[C@@H](c3ccccc3)N2[C@@H](c2cccc(OCCO)c2)[C@]12C(=O)N(C(=O)N[C@H](C)c1ccccc1)c1ccc(C#CCn3nnc4ccccc43)cc12. The van der Waals surface area contributed by atoms with Crippen LogP contribution in [0.1, 0.15) is 64.5 Å². The highest BCUT2D eigenvalue weighted by atomic mass is 16.6. The van der Waals surface area contributed by atoms with Gasteiger partial charge in [-0.3, -0.25) is 19.3 Å². The Bertz CT molecular complexity index is 3170. The van der Waals surface area contributed by atoms with E-state index < -0.39 is 65.4 Å². The zero-order valence-corrected chi connectivity index (χ0v) is 38.2. The molecule has 1 aromatic heterocycles. The number of benzene rings is 6. The fourth-order valence-electron chi connectivity index (χ4n) is 10.5. The minimum Gasteiger partial charge on any atom is -0.491 e. The number of cyclic esters (lactones) is 1. The second-order valence-electron chi connectivity index (χ2n) is 17.4. The number of morpholine rings is 1. The van der Waals surface area contributed by atoms with Crippen molar-refractivity contribution in [3.8, 4) is 17.6 Å². The second kappa shape index (κ2) is 19.3. The van der Waals surface area contributed by atoms with Gasteiger partial charge in [0, 0.05) is 12.1 Å². The van der Waals surface area contributed by atoms with Gasteiger partial charge in [0.25, 0.3) is 0 Å². The average Bonchev–Trinajstić information content (AvgIpc) is 4.04. The van der Waals surface area contributed by atoms with Crippen LogP contribution in [0.15, 0.2) is 170 Å². The molecule has 0 unspecified atom stereocenters. The quantitative estimate of drug-likeness (QED) is 0.0643. The van der Waals surface area contributed by atoms with Crippen molar-refractivity contribution in [2.75, 3.05) is 24.7 Å². The highest BCUT2D eigenvalue weighted by molar-refractivity contribution is 6.24. The van der Waals surface area contributed by atoms with Crippen molar-refractivity contribution in [1.82, 2.24) is 30.5 Å². The summed E-state index contributed by atoms with van der Waals surface area (Å²) in [6, 6.07) is 43.6. The van der Waals surface area contributed by atoms with Crippen LogP contribution in [-0.2, 0) is 31.1 Å². The Morgan fingerprint density at radius 3 is 2.30 bits per heavy atom. The molecule has 7 atom stereocenters. The number of hydrogen-bond acceptors (Lipinski definition) is 10. The predicted octanol–water partition coefficient (Wildman–Crippen LogP) is 7.29. The summed E-state index contributed by atoms with van der Waals surface area (Å²) < 4.78 is 14.3. The number of carbonyl (C=O) groups is 4. The number of aliphatic hydroxyl groups excluding tert-OH is 1. The molecule has 14 nitrogen and oxygen atoms in total. The fraction of sp³-hybridized carbons (Fsp3) is 0.214. The molecular weight excluding hydrogens is 883 g/mol. The van der Waals surface area contributed by atoms with Crippen LogP contribution in [-0.4, -0.2) is 74.6 Å². The van der Waals surface area contributed by atoms with Crippen molar-refractivity contribution in [1.29, 1.82) is 0 Å². The Morgan fingerprint density at radius 1 is 0.857 bits per heavy atom. The van der Waals surface area contributed by atoms with Crippen LogP contribution >= 0.6 is 0 Å². The van der Waals surface area contributed by atoms with Crippen molar-refractivity contribution in [3.05, 3.63) is 204 Å². The molecule has 3 N–H and O–H groups in total. The zero-order valence-electron chi connectivity index (χ0n) is 38.2. The summed E-state index contributed by atoms with van der Waals surface area (Å²) in [6.45, 7) is 5.60. The Balaban J connectivity index is 1.24. The number of imide groups is 1. The highest BCUT2D eigenvalue weighted by Crippen LogP contribution is 2.66. The standard InChI is InChI=1S/C56H49N7O7/c1-3-30-57-52(65)47-49-53(66)70-50(40-22-11-6-12-23-40)48(39-20-9-5-10-21-39)63(49)51(41-24-15-25-42(35-41)69-33-32-64)56(47)43-34-37(17-16-31-61-46-27-14-13-26-44(46)59-60-61)28-29-45(43)62(54(56)67)55(68)58-36(2)38-18-7-4-8-19-38/h3-15,18-29,34-36,47-51,64H,1,30-33H2,2H3,(H,57,65)(H,58,68)/t36-,47-,48-,49-,50+,51+,56-/m1/s1. The highest BCUT2D eigenvalue weighted by Gasteiger charge is 2.75. The summed E-state index contributed by atoms with van der Waals surface area (Å²) in [5.41, 5.74) is 3.29. The van der Waals surface area contributed by atoms with Gasteiger partial charge in [0.1, 0.15) is 42.0 Å². The Kier molecular flexibility index (Phi) is 12.5. The molecule has 3 aliphatic heterocycles. The number of rotatable bonds is 12. The van der Waals surface area contributed by atoms with Gasteiger partial charge in [-0.2, -0.15) is 0 Å². The van der Waals surface area contributed by atoms with Crippen LogP contribution in [0.25, 0.3) is 11.0 Å². The molecule has 10 rings (SSSR count). The number of para-hydroxylation sites is 1. The zero-order chi connectivity index (χ0) is 48.4. The Morgan fingerprint density at radius 2 is 1.56 bits per heavy atom. The summed E-state index contributed by atoms with van der Waals surface area (Å²) in [6.07, 6.45) is 0.609. The minimum atomic E-state index is -2.02. The normalized spacial score (nSPS) is 21.8. The van der Waals surface area contributed by atoms with Gasteiger partial charge in [0.15, 0.2) is 0 Å². The smallest absolute Gasteiger partial charge is 0.329 e. The van der Waals surface area contributed by atoms with Gasteiger partial charge in [0.05, 0.1) is 41.9 Å². The number of esters is 1. The molecule has 1 spiro atoms. The van der Waals surface area contributed by atoms with Gasteiger partial charge in [0.2, 0.25) is 11.8 Å². The number of ether oxygens (including phenoxy) is 2. The van der Waals surface area contributed by atoms with Crippen molar-refractivity contribution in [2.24, 2.45) is 5.92 Å². The molecule has 7 aromatic rings. The van der Waals surface area contributed by atoms with E-state index in [1.807, 2.05) is 133 Å². The molecule has 3 aliphatic rings. The molecule has 4 amide bonds. The van der Waals surface area contributed by atoms with Gasteiger partial charge < -0.3 is 25.2 Å². The molecule has 0 radical (unpaired) electrons. The summed E-state index contributed by atoms with van der Waals surface area (Å²) in [7, 11) is 0. The van der Waals surface area contributed by atoms with Crippen LogP contribution < -0.4 is 20.3 Å². The number of hydrogen-bond donors (Lipinski definition) is 3. The van der Waals surface area contributed by atoms with Gasteiger partial charge in [-0.1, -0.05) is 138 Å². The first kappa shape index (κ1) is 45.4. The number of aromatic nitrogens is 3. The van der Waals surface area contributed by atoms with Crippen molar-refractivity contribution >= 4 is 40.5 Å². The van der Waals surface area contributed by atoms with Gasteiger partial charge in [-0.15, -0.1) is 11.7 Å². The average molecular weight is 932 g/mol. The third-order valence-corrected chi connectivity index (χ3v) is 13.4. The first-order valence-corrected chi connectivity index (χ1v) is 23.2. The molecule has 70 heavy (non-hydrogen) atoms. The van der Waals surface area contributed by atoms with E-state index >= 15 is 19.2 Å². The number of nitrogens with one attached hydrogen (secondary N) is 2. The Labute approximate surface area is 404 Å². The number of carbonyl (C=O) groups excluding carboxylic acids is 4. The number of amides is 4. The maximum Gasteiger partial charge on any atom is 0.329 e. The number of fused-ring (bicyclic) bond motifs is 4. The van der Waals surface area contributed by atoms with Crippen LogP contribution in [0.2, 0.25) is 0 Å². The predicted molar refractivity (Wildman–Crippen MR) is 262 cm³/mol. The minimum absolute atomic E-state index is 0.0133. The van der Waals surface area contributed by atoms with Gasteiger partial charge in [-0.25, -0.2) is 14.4 Å². The third kappa shape index (κ3) is 7.94. The summed E-state index contributed by atoms with van der Waals surface area (Å²) in [5.74, 6) is 3.29. The van der Waals surface area contributed by atoms with Gasteiger partial charge >= 0.3 is 12.0 Å². The maximum atomic E-state index is 16.6. The topological polar surface area (TPSA) is 168 Å². The molecule has 0 bridgehead atoms. The van der Waals surface area contributed by atoms with E-state index in [0.29, 0.717) is 28.0 Å². The van der Waals surface area contributed by atoms with E-state index in [4.69, 9.17) is 9.47 Å². The molecule has 350 valence electrons. The lowest BCUT2D eigenvalue weighted by atomic mass is 9.65. The van der Waals surface area contributed by atoms with Crippen molar-refractivity contribution in [3.63, 3.8) is 0 Å². The lowest BCUT2D eigenvalue weighted by Gasteiger charge is -2.46. The molecular formula is C56H49N7O7. The van der Waals surface area contributed by atoms with E-state index in [-0.39, 0.29) is 32.0 Å². The fourth-order valence-corrected chi connectivity index (χ4v) is 10.5.